The number of aromatic hydroxyl groups is 1. The number of hydrogen-bond donors (Lipinski definition) is 3. The van der Waals surface area contributed by atoms with Crippen LogP contribution in [0.15, 0.2) is 57.9 Å². The fraction of sp³-hybridized carbons (Fsp3) is 0.0625. The standard InChI is InChI=1S/C10H6O5.C6H8N2/c11-8-5-3-1-2-4-6(5)15-10(14)7(8)9(12)13;7-5-6-3-1-2-4-8-6/h1-4,11H,(H,12,13);1-4H,5,7H2. The molecule has 0 saturated heterocycles. The summed E-state index contributed by atoms with van der Waals surface area (Å²) in [5.41, 5.74) is 4.58. The molecule has 0 saturated carbocycles. The lowest BCUT2D eigenvalue weighted by molar-refractivity contribution is 0.0689. The Hall–Kier alpha value is -3.19. The highest BCUT2D eigenvalue weighted by Crippen LogP contribution is 2.25. The molecule has 0 bridgehead atoms. The van der Waals surface area contributed by atoms with Gasteiger partial charge in [0.1, 0.15) is 11.3 Å². The molecule has 23 heavy (non-hydrogen) atoms. The molecule has 0 fully saturated rings. The number of nitrogens with zero attached hydrogens (tertiary/aromatic N) is 1. The van der Waals surface area contributed by atoms with E-state index in [4.69, 9.17) is 15.3 Å². The molecule has 4 N–H and O–H groups in total. The van der Waals surface area contributed by atoms with Gasteiger partial charge in [0.2, 0.25) is 0 Å². The SMILES string of the molecule is NCc1ccccn1.O=C(O)c1c(O)c2ccccc2oc1=O. The number of fused-ring (bicyclic) bond motifs is 1. The molecule has 0 spiro atoms. The minimum atomic E-state index is -1.51. The molecule has 3 aromatic rings. The molecule has 0 aliphatic carbocycles. The van der Waals surface area contributed by atoms with Gasteiger partial charge in [-0.15, -0.1) is 0 Å². The Kier molecular flexibility index (Phi) is 5.06. The Bertz CT molecular complexity index is 875. The zero-order valence-corrected chi connectivity index (χ0v) is 12.0. The topological polar surface area (TPSA) is 127 Å². The van der Waals surface area contributed by atoms with E-state index in [1.54, 1.807) is 18.3 Å². The van der Waals surface area contributed by atoms with Crippen LogP contribution in [0.2, 0.25) is 0 Å². The lowest BCUT2D eigenvalue weighted by Gasteiger charge is -2.01. The molecule has 7 heteroatoms. The number of hydrogen-bond acceptors (Lipinski definition) is 6. The largest absolute Gasteiger partial charge is 0.506 e. The van der Waals surface area contributed by atoms with E-state index in [1.165, 1.54) is 12.1 Å². The van der Waals surface area contributed by atoms with Gasteiger partial charge < -0.3 is 20.4 Å². The molecule has 1 aromatic carbocycles. The normalized spacial score (nSPS) is 9.96. The van der Waals surface area contributed by atoms with Gasteiger partial charge in [0.15, 0.2) is 5.56 Å². The number of para-hydroxylation sites is 1. The van der Waals surface area contributed by atoms with Crippen LogP contribution in [0.25, 0.3) is 11.0 Å². The minimum Gasteiger partial charge on any atom is -0.506 e. The summed E-state index contributed by atoms with van der Waals surface area (Å²) in [4.78, 5) is 25.8. The molecular weight excluding hydrogens is 300 g/mol. The molecule has 0 unspecified atom stereocenters. The van der Waals surface area contributed by atoms with Crippen molar-refractivity contribution < 1.29 is 19.4 Å². The monoisotopic (exact) mass is 314 g/mol. The van der Waals surface area contributed by atoms with Crippen LogP contribution in [0.4, 0.5) is 0 Å². The minimum absolute atomic E-state index is 0.157. The van der Waals surface area contributed by atoms with Crippen molar-refractivity contribution in [3.05, 3.63) is 70.3 Å². The van der Waals surface area contributed by atoms with E-state index in [-0.39, 0.29) is 11.0 Å². The number of rotatable bonds is 2. The van der Waals surface area contributed by atoms with Crippen molar-refractivity contribution in [2.45, 2.75) is 6.54 Å². The van der Waals surface area contributed by atoms with Gasteiger partial charge in [-0.05, 0) is 24.3 Å². The molecule has 118 valence electrons. The number of carboxylic acids is 1. The van der Waals surface area contributed by atoms with Crippen molar-refractivity contribution in [2.24, 2.45) is 5.73 Å². The lowest BCUT2D eigenvalue weighted by Crippen LogP contribution is -2.13. The van der Waals surface area contributed by atoms with Crippen molar-refractivity contribution in [2.75, 3.05) is 0 Å². The lowest BCUT2D eigenvalue weighted by atomic mass is 10.1. The van der Waals surface area contributed by atoms with E-state index >= 15 is 0 Å². The number of carbonyl (C=O) groups is 1. The Labute approximate surface area is 130 Å². The Morgan fingerprint density at radius 1 is 1.17 bits per heavy atom. The average Bonchev–Trinajstić information content (AvgIpc) is 2.56. The number of nitrogens with two attached hydrogens (primary N) is 1. The summed E-state index contributed by atoms with van der Waals surface area (Å²) < 4.78 is 4.74. The summed E-state index contributed by atoms with van der Waals surface area (Å²) in [5.74, 6) is -2.07. The molecule has 2 heterocycles. The van der Waals surface area contributed by atoms with Crippen molar-refractivity contribution in [3.8, 4) is 5.75 Å². The number of aromatic carboxylic acids is 1. The van der Waals surface area contributed by atoms with Gasteiger partial charge in [-0.2, -0.15) is 0 Å². The zero-order chi connectivity index (χ0) is 16.8. The maximum Gasteiger partial charge on any atom is 0.354 e. The highest BCUT2D eigenvalue weighted by atomic mass is 16.4. The van der Waals surface area contributed by atoms with E-state index in [0.717, 1.165) is 5.69 Å². The van der Waals surface area contributed by atoms with Gasteiger partial charge in [0.05, 0.1) is 11.1 Å². The van der Waals surface area contributed by atoms with Crippen LogP contribution in [-0.2, 0) is 6.54 Å². The van der Waals surface area contributed by atoms with E-state index < -0.39 is 22.9 Å². The Morgan fingerprint density at radius 3 is 2.43 bits per heavy atom. The summed E-state index contributed by atoms with van der Waals surface area (Å²) in [6, 6.07) is 11.9. The average molecular weight is 314 g/mol. The first kappa shape index (κ1) is 16.2. The number of aromatic nitrogens is 1. The van der Waals surface area contributed by atoms with Crippen LogP contribution in [0.1, 0.15) is 16.1 Å². The Morgan fingerprint density at radius 2 is 1.87 bits per heavy atom. The zero-order valence-electron chi connectivity index (χ0n) is 12.0. The van der Waals surface area contributed by atoms with Gasteiger partial charge in [0.25, 0.3) is 0 Å². The number of carboxylic acid groups (broad SMARTS) is 1. The van der Waals surface area contributed by atoms with Gasteiger partial charge in [-0.3, -0.25) is 4.98 Å². The fourth-order valence-electron chi connectivity index (χ4n) is 1.84. The van der Waals surface area contributed by atoms with Crippen molar-refractivity contribution in [1.29, 1.82) is 0 Å². The van der Waals surface area contributed by atoms with E-state index in [2.05, 4.69) is 4.98 Å². The first-order valence-corrected chi connectivity index (χ1v) is 6.62. The highest BCUT2D eigenvalue weighted by molar-refractivity contribution is 5.97. The van der Waals surface area contributed by atoms with Gasteiger partial charge in [0, 0.05) is 12.7 Å². The van der Waals surface area contributed by atoms with Crippen molar-refractivity contribution >= 4 is 16.9 Å². The molecule has 7 nitrogen and oxygen atoms in total. The third kappa shape index (κ3) is 3.72. The van der Waals surface area contributed by atoms with Gasteiger partial charge >= 0.3 is 11.6 Å². The third-order valence-corrected chi connectivity index (χ3v) is 2.93. The van der Waals surface area contributed by atoms with Crippen molar-refractivity contribution in [3.63, 3.8) is 0 Å². The maximum absolute atomic E-state index is 11.2. The van der Waals surface area contributed by atoms with Crippen LogP contribution in [0.5, 0.6) is 5.75 Å². The first-order chi connectivity index (χ1) is 11.0. The summed E-state index contributed by atoms with van der Waals surface area (Å²) in [6.45, 7) is 0.529. The summed E-state index contributed by atoms with van der Waals surface area (Å²) in [6.07, 6.45) is 1.74. The molecular formula is C16H14N2O5. The predicted molar refractivity (Wildman–Crippen MR) is 83.2 cm³/mol. The van der Waals surface area contributed by atoms with E-state index in [9.17, 15) is 14.7 Å². The van der Waals surface area contributed by atoms with Gasteiger partial charge in [-0.1, -0.05) is 18.2 Å². The van der Waals surface area contributed by atoms with E-state index in [0.29, 0.717) is 6.54 Å². The van der Waals surface area contributed by atoms with Crippen molar-refractivity contribution in [1.82, 2.24) is 4.98 Å². The van der Waals surface area contributed by atoms with Crippen LogP contribution in [0.3, 0.4) is 0 Å². The molecule has 0 aliphatic heterocycles. The second kappa shape index (κ2) is 7.19. The molecule has 0 amide bonds. The number of pyridine rings is 1. The maximum atomic E-state index is 11.2. The molecule has 0 atom stereocenters. The van der Waals surface area contributed by atoms with Crippen LogP contribution in [-0.4, -0.2) is 21.2 Å². The molecule has 0 radical (unpaired) electrons. The van der Waals surface area contributed by atoms with Crippen LogP contribution < -0.4 is 11.4 Å². The second-order valence-electron chi connectivity index (χ2n) is 4.44. The molecule has 0 aliphatic rings. The quantitative estimate of drug-likeness (QED) is 0.615. The van der Waals surface area contributed by atoms with Crippen LogP contribution in [0, 0.1) is 0 Å². The predicted octanol–water partition coefficient (Wildman–Crippen LogP) is 1.74. The summed E-state index contributed by atoms with van der Waals surface area (Å²) in [7, 11) is 0. The number of benzene rings is 1. The smallest absolute Gasteiger partial charge is 0.354 e. The molecule has 3 rings (SSSR count). The second-order valence-corrected chi connectivity index (χ2v) is 4.44. The van der Waals surface area contributed by atoms with Gasteiger partial charge in [-0.25, -0.2) is 9.59 Å². The third-order valence-electron chi connectivity index (χ3n) is 2.93. The molecule has 2 aromatic heterocycles. The Balaban J connectivity index is 0.000000203. The van der Waals surface area contributed by atoms with Crippen LogP contribution >= 0.6 is 0 Å². The fourth-order valence-corrected chi connectivity index (χ4v) is 1.84. The highest BCUT2D eigenvalue weighted by Gasteiger charge is 2.19. The summed E-state index contributed by atoms with van der Waals surface area (Å²) in [5, 5.41) is 18.4. The summed E-state index contributed by atoms with van der Waals surface area (Å²) >= 11 is 0. The van der Waals surface area contributed by atoms with E-state index in [1.807, 2.05) is 18.2 Å². The first-order valence-electron chi connectivity index (χ1n) is 6.62.